The minimum Gasteiger partial charge on any atom is -0.481 e. The number of ether oxygens (including phenoxy) is 1. The number of aliphatic carboxylic acids is 2. The molecular formula is C54H70N10O18S3. The van der Waals surface area contributed by atoms with Crippen molar-refractivity contribution in [2.24, 2.45) is 5.73 Å². The summed E-state index contributed by atoms with van der Waals surface area (Å²) in [5, 5.41) is 39.6. The molecule has 4 rings (SSSR count). The number of aromatic nitrogens is 1. The fraction of sp³-hybridized carbons (Fsp3) is 0.426. The lowest BCUT2D eigenvalue weighted by molar-refractivity contribution is -0.141. The lowest BCUT2D eigenvalue weighted by Crippen LogP contribution is -2.59. The molecule has 28 nitrogen and oxygen atoms in total. The van der Waals surface area contributed by atoms with Crippen LogP contribution in [-0.2, 0) is 82.3 Å². The number of H-pyrrole nitrogens is 1. The molecule has 0 bridgehead atoms. The molecule has 9 amide bonds. The largest absolute Gasteiger partial charge is 0.481 e. The van der Waals surface area contributed by atoms with Crippen LogP contribution in [0.3, 0.4) is 0 Å². The number of carboxylic acids is 2. The van der Waals surface area contributed by atoms with Gasteiger partial charge in [-0.1, -0.05) is 60.7 Å². The van der Waals surface area contributed by atoms with E-state index in [1.165, 1.54) is 56.4 Å². The van der Waals surface area contributed by atoms with Crippen LogP contribution in [0.15, 0.2) is 85.1 Å². The minimum atomic E-state index is -4.93. The SMILES string of the molecule is CSCC[C@H](NC(=O)[C@H](Cc1ccc(OS(=O)(=O)O)cc1)NC(=O)[C@H](CC(=O)O)NC(=O)OC(C)(C)C)C(=O)NCC(=O)N[C@@H](Cc1c[nH]c2ccccc12)C(=O)N[C@@H](CCSC)C(=O)N[C@@H](CC(=O)O)C(=O)N[C@@H](Cc1ccccc1)C(N)=O. The quantitative estimate of drug-likeness (QED) is 0.0279. The molecule has 462 valence electrons. The molecule has 0 unspecified atom stereocenters. The maximum Gasteiger partial charge on any atom is 0.446 e. The number of benzene rings is 3. The molecule has 31 heteroatoms. The van der Waals surface area contributed by atoms with Gasteiger partial charge in [0.1, 0.15) is 53.6 Å². The third kappa shape index (κ3) is 24.8. The summed E-state index contributed by atoms with van der Waals surface area (Å²) in [7, 11) is -4.93. The molecule has 0 fully saturated rings. The highest BCUT2D eigenvalue weighted by atomic mass is 32.3. The summed E-state index contributed by atoms with van der Waals surface area (Å²) < 4.78 is 41.4. The van der Waals surface area contributed by atoms with Crippen LogP contribution < -0.4 is 52.5 Å². The summed E-state index contributed by atoms with van der Waals surface area (Å²) in [6, 6.07) is 9.51. The standard InChI is InChI=1S/C54H70N10O18S3/c1-54(2,3)81-53(77)64-42(27-45(68)69)52(76)62-39(24-31-15-17-33(18-16-31)82-85(78,79)80)49(73)59-36(19-21-83-4)47(71)57-29-43(65)58-40(25-32-28-56-35-14-10-9-13-34(32)35)50(74)60-37(20-22-84-5)48(72)63-41(26-44(66)67)51(75)61-38(46(55)70)23-30-11-7-6-8-12-30/h6-18,28,36-42,56H,19-27,29H2,1-5H3,(H2,55,70)(H,57,71)(H,58,65)(H,59,73)(H,60,74)(H,61,75)(H,62,76)(H,63,72)(H,64,77)(H,66,67)(H,68,69)(H,78,79,80)/t36-,37-,38-,39-,40-,41-,42-/m0/s1. The molecule has 7 atom stereocenters. The molecular weight excluding hydrogens is 1170 g/mol. The fourth-order valence-corrected chi connectivity index (χ4v) is 9.47. The van der Waals surface area contributed by atoms with Crippen molar-refractivity contribution in [2.45, 2.75) is 114 Å². The maximum absolute atomic E-state index is 14.4. The van der Waals surface area contributed by atoms with Crippen LogP contribution in [0.4, 0.5) is 4.79 Å². The van der Waals surface area contributed by atoms with Crippen LogP contribution >= 0.6 is 23.5 Å². The summed E-state index contributed by atoms with van der Waals surface area (Å²) in [6.07, 6.45) is 1.21. The number of alkyl carbamates (subject to hydrolysis) is 1. The number of nitrogens with one attached hydrogen (secondary N) is 9. The highest BCUT2D eigenvalue weighted by Gasteiger charge is 2.35. The van der Waals surface area contributed by atoms with Crippen molar-refractivity contribution in [1.82, 2.24) is 47.5 Å². The van der Waals surface area contributed by atoms with E-state index in [1.807, 2.05) is 0 Å². The molecule has 1 heterocycles. The monoisotopic (exact) mass is 1240 g/mol. The van der Waals surface area contributed by atoms with Crippen molar-refractivity contribution in [1.29, 1.82) is 0 Å². The Hall–Kier alpha value is -8.42. The predicted molar refractivity (Wildman–Crippen MR) is 312 cm³/mol. The first kappa shape index (κ1) is 69.1. The molecule has 0 saturated heterocycles. The lowest BCUT2D eigenvalue weighted by Gasteiger charge is -2.26. The molecule has 85 heavy (non-hydrogen) atoms. The van der Waals surface area contributed by atoms with Crippen molar-refractivity contribution in [3.63, 3.8) is 0 Å². The molecule has 3 aromatic carbocycles. The van der Waals surface area contributed by atoms with E-state index in [9.17, 15) is 71.4 Å². The van der Waals surface area contributed by atoms with E-state index >= 15 is 0 Å². The van der Waals surface area contributed by atoms with Crippen molar-refractivity contribution in [3.05, 3.63) is 102 Å². The van der Waals surface area contributed by atoms with E-state index in [1.54, 1.807) is 73.3 Å². The van der Waals surface area contributed by atoms with E-state index in [2.05, 4.69) is 51.7 Å². The van der Waals surface area contributed by atoms with Crippen molar-refractivity contribution < 1.29 is 84.8 Å². The minimum absolute atomic E-state index is 0.0499. The third-order valence-corrected chi connectivity index (χ3v) is 13.9. The normalized spacial score (nSPS) is 13.8. The number of aromatic amines is 1. The number of rotatable bonds is 34. The summed E-state index contributed by atoms with van der Waals surface area (Å²) in [6.45, 7) is 3.77. The molecule has 0 aliphatic heterocycles. The number of hydrogen-bond donors (Lipinski definition) is 13. The number of nitrogens with two attached hydrogens (primary N) is 1. The highest BCUT2D eigenvalue weighted by Crippen LogP contribution is 2.20. The summed E-state index contributed by atoms with van der Waals surface area (Å²) >= 11 is 2.58. The van der Waals surface area contributed by atoms with E-state index < -0.39 is 149 Å². The average Bonchev–Trinajstić information content (AvgIpc) is 3.90. The van der Waals surface area contributed by atoms with Crippen LogP contribution in [0.2, 0.25) is 0 Å². The number of para-hydroxylation sites is 1. The Bertz CT molecular complexity index is 3120. The van der Waals surface area contributed by atoms with Gasteiger partial charge in [0.2, 0.25) is 47.3 Å². The van der Waals surface area contributed by atoms with Gasteiger partial charge in [-0.15, -0.1) is 0 Å². The predicted octanol–water partition coefficient (Wildman–Crippen LogP) is 0.237. The number of primary amides is 1. The Balaban J connectivity index is 1.58. The second-order valence-electron chi connectivity index (χ2n) is 20.1. The van der Waals surface area contributed by atoms with Crippen molar-refractivity contribution >= 4 is 110 Å². The Morgan fingerprint density at radius 2 is 1.04 bits per heavy atom. The van der Waals surface area contributed by atoms with Crippen LogP contribution in [-0.4, -0.2) is 172 Å². The number of amides is 9. The van der Waals surface area contributed by atoms with Gasteiger partial charge in [0, 0.05) is 36.4 Å². The zero-order valence-corrected chi connectivity index (χ0v) is 49.4. The van der Waals surface area contributed by atoms with Gasteiger partial charge < -0.3 is 72.4 Å². The smallest absolute Gasteiger partial charge is 0.446 e. The van der Waals surface area contributed by atoms with E-state index in [-0.39, 0.29) is 48.5 Å². The Labute approximate surface area is 497 Å². The number of carbonyl (C=O) groups excluding carboxylic acids is 9. The number of carboxylic acid groups (broad SMARTS) is 2. The second kappa shape index (κ2) is 33.2. The van der Waals surface area contributed by atoms with Crippen LogP contribution in [0.25, 0.3) is 10.9 Å². The number of carbonyl (C=O) groups is 11. The Kier molecular flexibility index (Phi) is 27.0. The molecule has 4 aromatic rings. The maximum atomic E-state index is 14.4. The summed E-state index contributed by atoms with van der Waals surface area (Å²) in [5.41, 5.74) is 6.60. The van der Waals surface area contributed by atoms with E-state index in [0.717, 1.165) is 12.1 Å². The molecule has 0 saturated carbocycles. The molecule has 0 spiro atoms. The van der Waals surface area contributed by atoms with Crippen LogP contribution in [0.5, 0.6) is 5.75 Å². The highest BCUT2D eigenvalue weighted by molar-refractivity contribution is 7.98. The zero-order chi connectivity index (χ0) is 63.0. The lowest BCUT2D eigenvalue weighted by atomic mass is 10.0. The first-order chi connectivity index (χ1) is 40.0. The van der Waals surface area contributed by atoms with E-state index in [4.69, 9.17) is 15.0 Å². The summed E-state index contributed by atoms with van der Waals surface area (Å²) in [5.74, 6) is -10.7. The molecule has 14 N–H and O–H groups in total. The molecule has 0 aliphatic rings. The van der Waals surface area contributed by atoms with Gasteiger partial charge in [0.15, 0.2) is 0 Å². The van der Waals surface area contributed by atoms with Crippen molar-refractivity contribution in [2.75, 3.05) is 30.6 Å². The molecule has 1 aromatic heterocycles. The van der Waals surface area contributed by atoms with Crippen molar-refractivity contribution in [3.8, 4) is 5.75 Å². The summed E-state index contributed by atoms with van der Waals surface area (Å²) in [4.78, 5) is 150. The van der Waals surface area contributed by atoms with Gasteiger partial charge in [-0.05, 0) is 92.5 Å². The van der Waals surface area contributed by atoms with Gasteiger partial charge in [0.05, 0.1) is 19.4 Å². The van der Waals surface area contributed by atoms with Gasteiger partial charge in [0.25, 0.3) is 0 Å². The number of fused-ring (bicyclic) bond motifs is 1. The van der Waals surface area contributed by atoms with Gasteiger partial charge in [-0.3, -0.25) is 52.5 Å². The first-order valence-corrected chi connectivity index (χ1v) is 30.3. The Morgan fingerprint density at radius 1 is 0.576 bits per heavy atom. The Morgan fingerprint density at radius 3 is 1.58 bits per heavy atom. The average molecular weight is 1240 g/mol. The second-order valence-corrected chi connectivity index (χ2v) is 23.1. The van der Waals surface area contributed by atoms with Crippen LogP contribution in [0.1, 0.15) is 63.1 Å². The third-order valence-electron chi connectivity index (χ3n) is 12.2. The topological polar surface area (TPSA) is 439 Å². The van der Waals surface area contributed by atoms with Gasteiger partial charge >= 0.3 is 28.4 Å². The van der Waals surface area contributed by atoms with E-state index in [0.29, 0.717) is 22.0 Å². The molecule has 0 aliphatic carbocycles. The molecule has 0 radical (unpaired) electrons. The number of thioether (sulfide) groups is 2. The van der Waals surface area contributed by atoms with Gasteiger partial charge in [-0.25, -0.2) is 4.79 Å². The first-order valence-electron chi connectivity index (χ1n) is 26.2. The van der Waals surface area contributed by atoms with Gasteiger partial charge in [-0.2, -0.15) is 31.9 Å². The van der Waals surface area contributed by atoms with Crippen LogP contribution in [0, 0.1) is 0 Å². The number of hydrogen-bond acceptors (Lipinski definition) is 17. The zero-order valence-electron chi connectivity index (χ0n) is 47.0. The fourth-order valence-electron chi connectivity index (χ4n) is 8.17.